The van der Waals surface area contributed by atoms with Crippen LogP contribution in [-0.2, 0) is 33.9 Å². The number of rotatable bonds is 9. The quantitative estimate of drug-likeness (QED) is 0.342. The van der Waals surface area contributed by atoms with E-state index in [0.29, 0.717) is 0 Å². The molecule has 0 rings (SSSR count). The van der Waals surface area contributed by atoms with Gasteiger partial charge in [0, 0.05) is 6.92 Å². The Hall–Kier alpha value is -1.23. The Morgan fingerprint density at radius 3 is 1.95 bits per heavy atom. The highest BCUT2D eigenvalue weighted by molar-refractivity contribution is 7.87. The van der Waals surface area contributed by atoms with Crippen molar-refractivity contribution in [2.24, 2.45) is 0 Å². The van der Waals surface area contributed by atoms with Crippen molar-refractivity contribution in [3.8, 4) is 0 Å². The first kappa shape index (κ1) is 18.8. The minimum Gasteiger partial charge on any atom is -0.481 e. The van der Waals surface area contributed by atoms with Gasteiger partial charge in [-0.15, -0.1) is 0 Å². The van der Waals surface area contributed by atoms with E-state index in [4.69, 9.17) is 23.9 Å². The first-order chi connectivity index (χ1) is 9.05. The fraction of sp³-hybridized carbons (Fsp3) is 0.800. The van der Waals surface area contributed by atoms with Gasteiger partial charge < -0.3 is 19.3 Å². The molecule has 0 saturated carbocycles. The highest BCUT2D eigenvalue weighted by Gasteiger charge is 2.40. The molecule has 0 spiro atoms. The summed E-state index contributed by atoms with van der Waals surface area (Å²) in [5.74, 6) is -4.92. The second kappa shape index (κ2) is 7.53. The molecule has 0 saturated heterocycles. The fourth-order valence-electron chi connectivity index (χ4n) is 1.34. The number of hydrogen-bond donors (Lipinski definition) is 2. The summed E-state index contributed by atoms with van der Waals surface area (Å²) in [5, 5.41) is 6.31. The average molecular weight is 314 g/mol. The largest absolute Gasteiger partial charge is 0.481 e. The monoisotopic (exact) mass is 314 g/mol. The van der Waals surface area contributed by atoms with Crippen LogP contribution in [-0.4, -0.2) is 54.5 Å². The third-order valence-corrected chi connectivity index (χ3v) is 3.16. The molecule has 10 heteroatoms. The molecule has 0 aromatic carbocycles. The molecule has 0 aliphatic carbocycles. The number of ether oxygens (including phenoxy) is 3. The fourth-order valence-corrected chi connectivity index (χ4v) is 1.99. The van der Waals surface area contributed by atoms with Crippen LogP contribution in [0, 0.1) is 0 Å². The van der Waals surface area contributed by atoms with Crippen LogP contribution in [0.3, 0.4) is 0 Å². The van der Waals surface area contributed by atoms with Crippen molar-refractivity contribution in [1.29, 1.82) is 0 Å². The number of carbonyl (C=O) groups excluding carboxylic acids is 1. The maximum absolute atomic E-state index is 11.7. The lowest BCUT2D eigenvalue weighted by Crippen LogP contribution is -2.43. The van der Waals surface area contributed by atoms with Gasteiger partial charge in [0.2, 0.25) is 0 Å². The molecule has 0 aliphatic heterocycles. The lowest BCUT2D eigenvalue weighted by molar-refractivity contribution is -0.349. The summed E-state index contributed by atoms with van der Waals surface area (Å²) in [4.78, 5) is 22.2. The van der Waals surface area contributed by atoms with E-state index in [1.54, 1.807) is 13.8 Å². The third kappa shape index (κ3) is 6.28. The molecule has 0 bridgehead atoms. The van der Waals surface area contributed by atoms with Gasteiger partial charge in [-0.25, -0.2) is 0 Å². The van der Waals surface area contributed by atoms with Crippen LogP contribution in [0.5, 0.6) is 0 Å². The molecule has 0 aromatic rings. The Morgan fingerprint density at radius 2 is 1.65 bits per heavy atom. The van der Waals surface area contributed by atoms with E-state index in [9.17, 15) is 18.0 Å². The van der Waals surface area contributed by atoms with Crippen molar-refractivity contribution in [1.82, 2.24) is 0 Å². The minimum atomic E-state index is -4.93. The highest BCUT2D eigenvalue weighted by atomic mass is 32.2. The molecule has 0 aliphatic rings. The van der Waals surface area contributed by atoms with E-state index in [0.717, 1.165) is 0 Å². The molecule has 0 amide bonds. The molecule has 20 heavy (non-hydrogen) atoms. The van der Waals surface area contributed by atoms with Gasteiger partial charge in [-0.1, -0.05) is 0 Å². The SMILES string of the molecule is CCOC(C)(OCC)OC(=O)C(CC(=O)O)S(=O)(=O)O. The van der Waals surface area contributed by atoms with Crippen LogP contribution >= 0.6 is 0 Å². The standard InChI is InChI=1S/C10H18O9S/c1-4-17-10(3,18-5-2)19-9(13)7(6-8(11)12)20(14,15)16/h7H,4-6H2,1-3H3,(H,11,12)(H,14,15,16). The zero-order chi connectivity index (χ0) is 16.0. The number of carbonyl (C=O) groups is 2. The van der Waals surface area contributed by atoms with E-state index in [-0.39, 0.29) is 13.2 Å². The summed E-state index contributed by atoms with van der Waals surface area (Å²) >= 11 is 0. The number of hydrogen-bond acceptors (Lipinski definition) is 7. The Labute approximate surface area is 116 Å². The summed E-state index contributed by atoms with van der Waals surface area (Å²) in [6, 6.07) is 0. The van der Waals surface area contributed by atoms with Gasteiger partial charge in [-0.2, -0.15) is 8.42 Å². The van der Waals surface area contributed by atoms with Gasteiger partial charge in [-0.3, -0.25) is 14.1 Å². The molecular weight excluding hydrogens is 296 g/mol. The molecule has 1 unspecified atom stereocenters. The Bertz CT molecular complexity index is 436. The van der Waals surface area contributed by atoms with Crippen molar-refractivity contribution < 1.29 is 41.9 Å². The van der Waals surface area contributed by atoms with Crippen molar-refractivity contribution >= 4 is 22.1 Å². The van der Waals surface area contributed by atoms with Gasteiger partial charge in [0.15, 0.2) is 5.25 Å². The smallest absolute Gasteiger partial charge is 0.331 e. The molecule has 0 fully saturated rings. The molecule has 2 N–H and O–H groups in total. The predicted octanol–water partition coefficient (Wildman–Crippen LogP) is 0.00740. The first-order valence-corrected chi connectivity index (χ1v) is 7.25. The van der Waals surface area contributed by atoms with Gasteiger partial charge in [-0.05, 0) is 13.8 Å². The Balaban J connectivity index is 5.12. The molecule has 0 radical (unpaired) electrons. The molecule has 0 heterocycles. The normalized spacial score (nSPS) is 13.8. The number of carboxylic acids is 1. The van der Waals surface area contributed by atoms with Crippen LogP contribution in [0.1, 0.15) is 27.2 Å². The highest BCUT2D eigenvalue weighted by Crippen LogP contribution is 2.18. The predicted molar refractivity (Wildman–Crippen MR) is 65.3 cm³/mol. The maximum atomic E-state index is 11.7. The first-order valence-electron chi connectivity index (χ1n) is 5.74. The van der Waals surface area contributed by atoms with Crippen LogP contribution in [0.2, 0.25) is 0 Å². The average Bonchev–Trinajstić information content (AvgIpc) is 2.24. The van der Waals surface area contributed by atoms with Crippen LogP contribution in [0.25, 0.3) is 0 Å². The van der Waals surface area contributed by atoms with Gasteiger partial charge in [0.05, 0.1) is 19.6 Å². The topological polar surface area (TPSA) is 136 Å². The molecule has 9 nitrogen and oxygen atoms in total. The van der Waals surface area contributed by atoms with Crippen molar-refractivity contribution in [2.75, 3.05) is 13.2 Å². The summed E-state index contributed by atoms with van der Waals surface area (Å²) < 4.78 is 45.7. The second-order valence-corrected chi connectivity index (χ2v) is 5.35. The van der Waals surface area contributed by atoms with E-state index >= 15 is 0 Å². The number of esters is 1. The van der Waals surface area contributed by atoms with E-state index in [1.807, 2.05) is 0 Å². The zero-order valence-electron chi connectivity index (χ0n) is 11.4. The van der Waals surface area contributed by atoms with Gasteiger partial charge in [0.1, 0.15) is 0 Å². The third-order valence-electron chi connectivity index (χ3n) is 2.08. The lowest BCUT2D eigenvalue weighted by Gasteiger charge is -2.29. The van der Waals surface area contributed by atoms with Crippen molar-refractivity contribution in [3.05, 3.63) is 0 Å². The van der Waals surface area contributed by atoms with Gasteiger partial charge >= 0.3 is 17.9 Å². The Morgan fingerprint density at radius 1 is 1.20 bits per heavy atom. The lowest BCUT2D eigenvalue weighted by atomic mass is 10.3. The van der Waals surface area contributed by atoms with Crippen LogP contribution in [0.15, 0.2) is 0 Å². The molecule has 1 atom stereocenters. The number of carboxylic acid groups (broad SMARTS) is 1. The zero-order valence-corrected chi connectivity index (χ0v) is 12.2. The van der Waals surface area contributed by atoms with E-state index in [2.05, 4.69) is 0 Å². The van der Waals surface area contributed by atoms with Crippen LogP contribution < -0.4 is 0 Å². The molecule has 0 aromatic heterocycles. The van der Waals surface area contributed by atoms with Crippen LogP contribution in [0.4, 0.5) is 0 Å². The summed E-state index contributed by atoms with van der Waals surface area (Å²) in [6.07, 6.45) is -1.13. The summed E-state index contributed by atoms with van der Waals surface area (Å²) in [7, 11) is -4.93. The minimum absolute atomic E-state index is 0.0965. The number of aliphatic carboxylic acids is 1. The Kier molecular flexibility index (Phi) is 7.06. The molecule has 118 valence electrons. The summed E-state index contributed by atoms with van der Waals surface area (Å²) in [5.41, 5.74) is 0. The van der Waals surface area contributed by atoms with E-state index in [1.165, 1.54) is 6.92 Å². The van der Waals surface area contributed by atoms with Gasteiger partial charge in [0.25, 0.3) is 10.1 Å². The molecular formula is C10H18O9S. The van der Waals surface area contributed by atoms with E-state index < -0.39 is 39.7 Å². The van der Waals surface area contributed by atoms with Crippen molar-refractivity contribution in [2.45, 2.75) is 38.4 Å². The summed E-state index contributed by atoms with van der Waals surface area (Å²) in [6.45, 7) is 4.59. The maximum Gasteiger partial charge on any atom is 0.331 e. The van der Waals surface area contributed by atoms with Crippen molar-refractivity contribution in [3.63, 3.8) is 0 Å². The second-order valence-electron chi connectivity index (χ2n) is 3.75.